The van der Waals surface area contributed by atoms with Crippen LogP contribution in [0.25, 0.3) is 10.4 Å². The van der Waals surface area contributed by atoms with Crippen LogP contribution in [0.5, 0.6) is 0 Å². The number of alkyl halides is 3. The molecule has 0 unspecified atom stereocenters. The molecule has 4 heterocycles. The van der Waals surface area contributed by atoms with E-state index in [1.165, 1.54) is 29.8 Å². The first-order valence-electron chi connectivity index (χ1n) is 10.9. The summed E-state index contributed by atoms with van der Waals surface area (Å²) in [4.78, 5) is 41.1. The van der Waals surface area contributed by atoms with Gasteiger partial charge < -0.3 is 25.8 Å². The number of urea groups is 1. The number of amides is 3. The molecule has 1 fully saturated rings. The fraction of sp³-hybridized carbons (Fsp3) is 0.318. The first-order valence-corrected chi connectivity index (χ1v) is 11.7. The zero-order valence-corrected chi connectivity index (χ0v) is 20.0. The molecule has 190 valence electrons. The Hall–Kier alpha value is -3.94. The molecule has 4 rings (SSSR count). The van der Waals surface area contributed by atoms with Gasteiger partial charge in [-0.2, -0.15) is 13.2 Å². The Morgan fingerprint density at radius 3 is 2.58 bits per heavy atom. The summed E-state index contributed by atoms with van der Waals surface area (Å²) >= 11 is 1.29. The molecule has 0 saturated carbocycles. The van der Waals surface area contributed by atoms with Crippen LogP contribution < -0.4 is 20.9 Å². The van der Waals surface area contributed by atoms with Gasteiger partial charge in [0.15, 0.2) is 5.13 Å². The quantitative estimate of drug-likeness (QED) is 0.458. The van der Waals surface area contributed by atoms with E-state index in [9.17, 15) is 22.8 Å². The molecule has 3 aromatic rings. The number of carbonyl (C=O) groups excluding carboxylic acids is 2. The van der Waals surface area contributed by atoms with Crippen molar-refractivity contribution in [1.29, 1.82) is 0 Å². The average Bonchev–Trinajstić information content (AvgIpc) is 3.35. The van der Waals surface area contributed by atoms with Gasteiger partial charge in [-0.05, 0) is 12.1 Å². The molecule has 0 bridgehead atoms. The highest BCUT2D eigenvalue weighted by Crippen LogP contribution is 2.31. The van der Waals surface area contributed by atoms with Crippen molar-refractivity contribution < 1.29 is 22.8 Å². The van der Waals surface area contributed by atoms with Gasteiger partial charge in [0.05, 0.1) is 10.4 Å². The van der Waals surface area contributed by atoms with Crippen LogP contribution in [0.15, 0.2) is 43.0 Å². The van der Waals surface area contributed by atoms with Crippen LogP contribution in [-0.4, -0.2) is 77.7 Å². The second kappa shape index (κ2) is 10.8. The van der Waals surface area contributed by atoms with Gasteiger partial charge in [-0.25, -0.2) is 14.8 Å². The number of piperazine rings is 1. The van der Waals surface area contributed by atoms with E-state index in [-0.39, 0.29) is 11.6 Å². The third-order valence-electron chi connectivity index (χ3n) is 5.36. The van der Waals surface area contributed by atoms with Gasteiger partial charge in [0, 0.05) is 75.3 Å². The number of thiazole rings is 1. The van der Waals surface area contributed by atoms with Crippen molar-refractivity contribution in [3.05, 3.63) is 48.5 Å². The van der Waals surface area contributed by atoms with E-state index >= 15 is 0 Å². The second-order valence-electron chi connectivity index (χ2n) is 7.84. The Bertz CT molecular complexity index is 1230. The average molecular weight is 521 g/mol. The molecular formula is C22H23F3N8O2S. The zero-order chi connectivity index (χ0) is 25.7. The Morgan fingerprint density at radius 1 is 1.08 bits per heavy atom. The van der Waals surface area contributed by atoms with Crippen LogP contribution in [0.1, 0.15) is 10.4 Å². The lowest BCUT2D eigenvalue weighted by Crippen LogP contribution is -2.51. The fourth-order valence-electron chi connectivity index (χ4n) is 3.57. The van der Waals surface area contributed by atoms with Crippen LogP contribution in [-0.2, 0) is 0 Å². The first kappa shape index (κ1) is 25.2. The maximum absolute atomic E-state index is 12.4. The predicted molar refractivity (Wildman–Crippen MR) is 129 cm³/mol. The maximum Gasteiger partial charge on any atom is 0.405 e. The predicted octanol–water partition coefficient (Wildman–Crippen LogP) is 3.10. The van der Waals surface area contributed by atoms with E-state index < -0.39 is 18.6 Å². The molecule has 0 radical (unpaired) electrons. The van der Waals surface area contributed by atoms with E-state index in [1.54, 1.807) is 24.3 Å². The molecule has 14 heteroatoms. The summed E-state index contributed by atoms with van der Waals surface area (Å²) in [5.41, 5.74) is 1.53. The number of hydrogen-bond donors (Lipinski definition) is 3. The topological polar surface area (TPSA) is 115 Å². The molecule has 0 aliphatic carbocycles. The maximum atomic E-state index is 12.4. The van der Waals surface area contributed by atoms with E-state index in [2.05, 4.69) is 30.5 Å². The Kier molecular flexibility index (Phi) is 7.52. The smallest absolute Gasteiger partial charge is 0.368 e. The van der Waals surface area contributed by atoms with Crippen molar-refractivity contribution in [1.82, 2.24) is 30.5 Å². The monoisotopic (exact) mass is 520 g/mol. The summed E-state index contributed by atoms with van der Waals surface area (Å²) in [6, 6.07) is 5.17. The Labute approximate surface area is 208 Å². The summed E-state index contributed by atoms with van der Waals surface area (Å²) in [6.45, 7) is 1.20. The lowest BCUT2D eigenvalue weighted by molar-refractivity contribution is -0.123. The summed E-state index contributed by atoms with van der Waals surface area (Å²) in [5, 5.41) is 8.17. The van der Waals surface area contributed by atoms with Crippen molar-refractivity contribution in [2.45, 2.75) is 6.18 Å². The minimum absolute atomic E-state index is 0.0190. The molecule has 3 aromatic heterocycles. The van der Waals surface area contributed by atoms with E-state index in [4.69, 9.17) is 0 Å². The molecule has 1 aliphatic rings. The van der Waals surface area contributed by atoms with Gasteiger partial charge in [0.2, 0.25) is 0 Å². The molecule has 1 aliphatic heterocycles. The SMILES string of the molecule is CNC(=O)N1CCN(c2ccnc(Nc3ncc(-c4cncc(C(=O)NCC(F)(F)F)c4)s3)c2)CC1. The van der Waals surface area contributed by atoms with Crippen molar-refractivity contribution >= 4 is 39.9 Å². The van der Waals surface area contributed by atoms with Gasteiger partial charge >= 0.3 is 12.2 Å². The Balaban J connectivity index is 1.40. The van der Waals surface area contributed by atoms with Gasteiger partial charge in [-0.15, -0.1) is 0 Å². The number of hydrogen-bond acceptors (Lipinski definition) is 8. The number of aromatic nitrogens is 3. The first-order chi connectivity index (χ1) is 17.2. The molecule has 36 heavy (non-hydrogen) atoms. The van der Waals surface area contributed by atoms with Crippen LogP contribution in [0.2, 0.25) is 0 Å². The molecule has 3 amide bonds. The van der Waals surface area contributed by atoms with Crippen molar-refractivity contribution in [3.63, 3.8) is 0 Å². The minimum atomic E-state index is -4.50. The fourth-order valence-corrected chi connectivity index (χ4v) is 4.37. The zero-order valence-electron chi connectivity index (χ0n) is 19.2. The number of pyridine rings is 2. The molecule has 0 aromatic carbocycles. The summed E-state index contributed by atoms with van der Waals surface area (Å²) < 4.78 is 37.1. The normalized spacial score (nSPS) is 13.9. The van der Waals surface area contributed by atoms with Crippen molar-refractivity contribution in [3.8, 4) is 10.4 Å². The van der Waals surface area contributed by atoms with Gasteiger partial charge in [-0.1, -0.05) is 11.3 Å². The lowest BCUT2D eigenvalue weighted by Gasteiger charge is -2.35. The Morgan fingerprint density at radius 2 is 1.86 bits per heavy atom. The van der Waals surface area contributed by atoms with Gasteiger partial charge in [0.1, 0.15) is 12.4 Å². The number of rotatable bonds is 6. The molecule has 0 spiro atoms. The third kappa shape index (κ3) is 6.38. The van der Waals surface area contributed by atoms with E-state index in [0.717, 1.165) is 5.69 Å². The third-order valence-corrected chi connectivity index (χ3v) is 6.33. The van der Waals surface area contributed by atoms with Crippen molar-refractivity contribution in [2.75, 3.05) is 50.0 Å². The van der Waals surface area contributed by atoms with Crippen molar-refractivity contribution in [2.24, 2.45) is 0 Å². The van der Waals surface area contributed by atoms with Crippen LogP contribution >= 0.6 is 11.3 Å². The number of halogens is 3. The second-order valence-corrected chi connectivity index (χ2v) is 8.87. The summed E-state index contributed by atoms with van der Waals surface area (Å²) in [6.07, 6.45) is 1.49. The number of carbonyl (C=O) groups is 2. The highest BCUT2D eigenvalue weighted by atomic mass is 32.1. The number of nitrogens with one attached hydrogen (secondary N) is 3. The van der Waals surface area contributed by atoms with Gasteiger partial charge in [0.25, 0.3) is 5.91 Å². The van der Waals surface area contributed by atoms with Crippen LogP contribution in [0.3, 0.4) is 0 Å². The molecular weight excluding hydrogens is 497 g/mol. The minimum Gasteiger partial charge on any atom is -0.368 e. The van der Waals surface area contributed by atoms with E-state index in [1.807, 2.05) is 17.4 Å². The highest BCUT2D eigenvalue weighted by molar-refractivity contribution is 7.18. The van der Waals surface area contributed by atoms with Crippen LogP contribution in [0.4, 0.5) is 34.6 Å². The highest BCUT2D eigenvalue weighted by Gasteiger charge is 2.28. The largest absolute Gasteiger partial charge is 0.405 e. The molecule has 0 atom stereocenters. The summed E-state index contributed by atoms with van der Waals surface area (Å²) in [5.74, 6) is -0.276. The number of anilines is 3. The van der Waals surface area contributed by atoms with Crippen LogP contribution in [0, 0.1) is 0 Å². The van der Waals surface area contributed by atoms with Gasteiger partial charge in [-0.3, -0.25) is 9.78 Å². The standard InChI is InChI=1S/C22H23F3N8O2S/c1-26-21(35)33-6-4-32(5-7-33)16-2-3-28-18(9-16)31-20-29-12-17(36-20)14-8-15(11-27-10-14)19(34)30-13-22(23,24)25/h2-3,8-12H,4-7,13H2,1H3,(H,26,35)(H,30,34)(H,28,29,31). The molecule has 3 N–H and O–H groups in total. The van der Waals surface area contributed by atoms with E-state index in [0.29, 0.717) is 47.6 Å². The molecule has 10 nitrogen and oxygen atoms in total. The summed E-state index contributed by atoms with van der Waals surface area (Å²) in [7, 11) is 1.61. The molecule has 1 saturated heterocycles. The number of nitrogens with zero attached hydrogens (tertiary/aromatic N) is 5. The lowest BCUT2D eigenvalue weighted by atomic mass is 10.2.